The molecular formula is C16H15N3O. The van der Waals surface area contributed by atoms with Crippen LogP contribution in [-0.4, -0.2) is 16.6 Å². The molecule has 4 rings (SSSR count). The molecule has 4 heteroatoms. The molecule has 1 amide bonds. The summed E-state index contributed by atoms with van der Waals surface area (Å²) in [6.07, 6.45) is 5.02. The molecule has 2 aliphatic rings. The number of hydrogen-bond acceptors (Lipinski definition) is 2. The lowest BCUT2D eigenvalue weighted by Crippen LogP contribution is -2.13. The molecule has 1 fully saturated rings. The Kier molecular flexibility index (Phi) is 2.33. The zero-order chi connectivity index (χ0) is 13.7. The summed E-state index contributed by atoms with van der Waals surface area (Å²) in [5.74, 6) is 0.975. The van der Waals surface area contributed by atoms with E-state index in [0.717, 1.165) is 28.6 Å². The molecule has 20 heavy (non-hydrogen) atoms. The summed E-state index contributed by atoms with van der Waals surface area (Å²) in [5.41, 5.74) is 6.34. The van der Waals surface area contributed by atoms with Gasteiger partial charge in [-0.2, -0.15) is 5.10 Å². The fraction of sp³-hybridized carbons (Fsp3) is 0.250. The Morgan fingerprint density at radius 3 is 2.95 bits per heavy atom. The van der Waals surface area contributed by atoms with Gasteiger partial charge in [-0.15, -0.1) is 0 Å². The molecule has 2 atom stereocenters. The molecule has 1 aliphatic heterocycles. The molecule has 0 spiro atoms. The van der Waals surface area contributed by atoms with Crippen LogP contribution in [0.2, 0.25) is 0 Å². The number of hydrogen-bond donors (Lipinski definition) is 2. The molecule has 2 N–H and O–H groups in total. The van der Waals surface area contributed by atoms with Gasteiger partial charge in [0.2, 0.25) is 0 Å². The molecule has 4 nitrogen and oxygen atoms in total. The van der Waals surface area contributed by atoms with Crippen LogP contribution >= 0.6 is 0 Å². The fourth-order valence-corrected chi connectivity index (χ4v) is 2.84. The molecule has 1 saturated carbocycles. The van der Waals surface area contributed by atoms with Crippen molar-refractivity contribution in [2.45, 2.75) is 13.3 Å². The van der Waals surface area contributed by atoms with Gasteiger partial charge in [0, 0.05) is 28.6 Å². The van der Waals surface area contributed by atoms with E-state index in [4.69, 9.17) is 0 Å². The normalized spacial score (nSPS) is 26.9. The number of aromatic nitrogens is 1. The van der Waals surface area contributed by atoms with E-state index < -0.39 is 0 Å². The highest BCUT2D eigenvalue weighted by Gasteiger charge is 2.42. The maximum absolute atomic E-state index is 12.0. The van der Waals surface area contributed by atoms with Gasteiger partial charge in [0.25, 0.3) is 5.91 Å². The Morgan fingerprint density at radius 2 is 2.15 bits per heavy atom. The maximum atomic E-state index is 12.0. The molecule has 2 aromatic rings. The number of amides is 1. The SMILES string of the molecule is CC1CC1C1=NNC(=O)C1=Cc1c[nH]c2ccccc12. The number of carbonyl (C=O) groups excluding carboxylic acids is 1. The molecule has 0 radical (unpaired) electrons. The topological polar surface area (TPSA) is 57.2 Å². The van der Waals surface area contributed by atoms with Crippen molar-refractivity contribution in [3.05, 3.63) is 41.6 Å². The van der Waals surface area contributed by atoms with Crippen molar-refractivity contribution in [1.82, 2.24) is 10.4 Å². The summed E-state index contributed by atoms with van der Waals surface area (Å²) < 4.78 is 0. The van der Waals surface area contributed by atoms with Gasteiger partial charge in [-0.1, -0.05) is 25.1 Å². The minimum atomic E-state index is -0.0932. The van der Waals surface area contributed by atoms with E-state index >= 15 is 0 Å². The smallest absolute Gasteiger partial charge is 0.273 e. The first-order chi connectivity index (χ1) is 9.74. The van der Waals surface area contributed by atoms with E-state index in [-0.39, 0.29) is 5.91 Å². The molecule has 2 unspecified atom stereocenters. The quantitative estimate of drug-likeness (QED) is 0.806. The summed E-state index contributed by atoms with van der Waals surface area (Å²) in [5, 5.41) is 5.34. The van der Waals surface area contributed by atoms with E-state index in [1.807, 2.05) is 30.5 Å². The van der Waals surface area contributed by atoms with Gasteiger partial charge in [-0.3, -0.25) is 4.79 Å². The van der Waals surface area contributed by atoms with E-state index in [0.29, 0.717) is 17.4 Å². The van der Waals surface area contributed by atoms with Gasteiger partial charge < -0.3 is 4.98 Å². The van der Waals surface area contributed by atoms with Gasteiger partial charge in [0.15, 0.2) is 0 Å². The number of nitrogens with one attached hydrogen (secondary N) is 2. The highest BCUT2D eigenvalue weighted by atomic mass is 16.2. The third-order valence-corrected chi connectivity index (χ3v) is 4.18. The zero-order valence-corrected chi connectivity index (χ0v) is 11.2. The van der Waals surface area contributed by atoms with Crippen LogP contribution in [0.1, 0.15) is 18.9 Å². The van der Waals surface area contributed by atoms with Crippen LogP contribution in [0.25, 0.3) is 17.0 Å². The van der Waals surface area contributed by atoms with Crippen molar-refractivity contribution < 1.29 is 4.79 Å². The third-order valence-electron chi connectivity index (χ3n) is 4.18. The van der Waals surface area contributed by atoms with Crippen LogP contribution in [0.4, 0.5) is 0 Å². The molecule has 1 aliphatic carbocycles. The second kappa shape index (κ2) is 4.07. The number of H-pyrrole nitrogens is 1. The Bertz CT molecular complexity index is 769. The van der Waals surface area contributed by atoms with Crippen LogP contribution in [0.15, 0.2) is 41.1 Å². The van der Waals surface area contributed by atoms with Crippen LogP contribution in [0.3, 0.4) is 0 Å². The van der Waals surface area contributed by atoms with E-state index in [2.05, 4.69) is 28.5 Å². The van der Waals surface area contributed by atoms with Crippen LogP contribution < -0.4 is 5.43 Å². The van der Waals surface area contributed by atoms with Crippen LogP contribution in [-0.2, 0) is 4.79 Å². The molecule has 0 bridgehead atoms. The van der Waals surface area contributed by atoms with Gasteiger partial charge in [-0.25, -0.2) is 5.43 Å². The Hall–Kier alpha value is -2.36. The van der Waals surface area contributed by atoms with Crippen molar-refractivity contribution in [2.75, 3.05) is 0 Å². The maximum Gasteiger partial charge on any atom is 0.273 e. The number of nitrogens with zero attached hydrogens (tertiary/aromatic N) is 1. The number of fused-ring (bicyclic) bond motifs is 1. The minimum absolute atomic E-state index is 0.0932. The predicted octanol–water partition coefficient (Wildman–Crippen LogP) is 2.69. The Labute approximate surface area is 116 Å². The molecule has 100 valence electrons. The zero-order valence-electron chi connectivity index (χ0n) is 11.2. The number of hydrazone groups is 1. The summed E-state index contributed by atoms with van der Waals surface area (Å²) in [7, 11) is 0. The van der Waals surface area contributed by atoms with E-state index in [1.54, 1.807) is 0 Å². The van der Waals surface area contributed by atoms with E-state index in [1.165, 1.54) is 0 Å². The van der Waals surface area contributed by atoms with Crippen molar-refractivity contribution in [2.24, 2.45) is 16.9 Å². The van der Waals surface area contributed by atoms with Gasteiger partial charge >= 0.3 is 0 Å². The standard InChI is InChI=1S/C16H15N3O/c1-9-6-12(9)15-13(16(20)19-18-15)7-10-8-17-14-5-3-2-4-11(10)14/h2-5,7-9,12,17H,6H2,1H3,(H,19,20). The number of aromatic amines is 1. The monoisotopic (exact) mass is 265 g/mol. The number of rotatable bonds is 2. The summed E-state index contributed by atoms with van der Waals surface area (Å²) in [4.78, 5) is 15.2. The number of benzene rings is 1. The summed E-state index contributed by atoms with van der Waals surface area (Å²) >= 11 is 0. The lowest BCUT2D eigenvalue weighted by atomic mass is 10.0. The second-order valence-electron chi connectivity index (χ2n) is 5.61. The highest BCUT2D eigenvalue weighted by molar-refractivity contribution is 6.29. The molecular weight excluding hydrogens is 250 g/mol. The number of carbonyl (C=O) groups is 1. The van der Waals surface area contributed by atoms with Crippen molar-refractivity contribution in [3.63, 3.8) is 0 Å². The first kappa shape index (κ1) is 11.5. The fourth-order valence-electron chi connectivity index (χ4n) is 2.84. The Morgan fingerprint density at radius 1 is 1.35 bits per heavy atom. The molecule has 0 saturated heterocycles. The minimum Gasteiger partial charge on any atom is -0.361 e. The van der Waals surface area contributed by atoms with Crippen molar-refractivity contribution >= 4 is 28.6 Å². The van der Waals surface area contributed by atoms with Gasteiger partial charge in [-0.05, 0) is 24.5 Å². The second-order valence-corrected chi connectivity index (χ2v) is 5.61. The van der Waals surface area contributed by atoms with Gasteiger partial charge in [0.1, 0.15) is 0 Å². The van der Waals surface area contributed by atoms with E-state index in [9.17, 15) is 4.79 Å². The van der Waals surface area contributed by atoms with Crippen LogP contribution in [0, 0.1) is 11.8 Å². The molecule has 2 heterocycles. The molecule has 1 aromatic heterocycles. The summed E-state index contributed by atoms with van der Waals surface area (Å²) in [6.45, 7) is 2.19. The average molecular weight is 265 g/mol. The predicted molar refractivity (Wildman–Crippen MR) is 79.1 cm³/mol. The Balaban J connectivity index is 1.78. The lowest BCUT2D eigenvalue weighted by Gasteiger charge is -1.99. The first-order valence-corrected chi connectivity index (χ1v) is 6.90. The largest absolute Gasteiger partial charge is 0.361 e. The average Bonchev–Trinajstić information content (AvgIpc) is 2.89. The highest BCUT2D eigenvalue weighted by Crippen LogP contribution is 2.42. The summed E-state index contributed by atoms with van der Waals surface area (Å²) in [6, 6.07) is 8.09. The van der Waals surface area contributed by atoms with Gasteiger partial charge in [0.05, 0.1) is 11.3 Å². The van der Waals surface area contributed by atoms with Crippen molar-refractivity contribution in [1.29, 1.82) is 0 Å². The van der Waals surface area contributed by atoms with Crippen molar-refractivity contribution in [3.8, 4) is 0 Å². The molecule has 1 aromatic carbocycles. The number of para-hydroxylation sites is 1. The van der Waals surface area contributed by atoms with Crippen LogP contribution in [0.5, 0.6) is 0 Å². The lowest BCUT2D eigenvalue weighted by molar-refractivity contribution is -0.116. The first-order valence-electron chi connectivity index (χ1n) is 6.90. The third kappa shape index (κ3) is 1.68.